The molecule has 0 aliphatic heterocycles. The summed E-state index contributed by atoms with van der Waals surface area (Å²) in [6, 6.07) is 20.7. The zero-order chi connectivity index (χ0) is 21.5. The SMILES string of the molecule is N#C/C(=C/c1cc(Br)c(OCc2cccc(F)c2)c(I)c1)C(=O)Nc1ccccc1. The Morgan fingerprint density at radius 2 is 1.93 bits per heavy atom. The van der Waals surface area contributed by atoms with Crippen molar-refractivity contribution < 1.29 is 13.9 Å². The largest absolute Gasteiger partial charge is 0.487 e. The molecule has 3 aromatic carbocycles. The second-order valence-corrected chi connectivity index (χ2v) is 8.24. The van der Waals surface area contributed by atoms with E-state index in [0.29, 0.717) is 27.0 Å². The minimum Gasteiger partial charge on any atom is -0.487 e. The molecule has 0 heterocycles. The van der Waals surface area contributed by atoms with Gasteiger partial charge in [-0.2, -0.15) is 5.26 Å². The highest BCUT2D eigenvalue weighted by atomic mass is 127. The van der Waals surface area contributed by atoms with E-state index in [-0.39, 0.29) is 18.0 Å². The summed E-state index contributed by atoms with van der Waals surface area (Å²) in [4.78, 5) is 12.4. The van der Waals surface area contributed by atoms with Crippen LogP contribution in [-0.4, -0.2) is 5.91 Å². The lowest BCUT2D eigenvalue weighted by Crippen LogP contribution is -2.13. The van der Waals surface area contributed by atoms with Crippen LogP contribution in [-0.2, 0) is 11.4 Å². The molecule has 0 saturated heterocycles. The van der Waals surface area contributed by atoms with Gasteiger partial charge in [-0.05, 0) is 92.1 Å². The maximum atomic E-state index is 13.3. The first-order valence-corrected chi connectivity index (χ1v) is 10.7. The Hall–Kier alpha value is -2.70. The number of amides is 1. The van der Waals surface area contributed by atoms with Crippen LogP contribution in [0.1, 0.15) is 11.1 Å². The molecule has 0 radical (unpaired) electrons. The van der Waals surface area contributed by atoms with Gasteiger partial charge in [-0.25, -0.2) is 4.39 Å². The van der Waals surface area contributed by atoms with Crippen molar-refractivity contribution in [1.82, 2.24) is 0 Å². The van der Waals surface area contributed by atoms with Crippen molar-refractivity contribution in [3.8, 4) is 11.8 Å². The van der Waals surface area contributed by atoms with Gasteiger partial charge >= 0.3 is 0 Å². The maximum absolute atomic E-state index is 13.3. The summed E-state index contributed by atoms with van der Waals surface area (Å²) in [5, 5.41) is 12.1. The van der Waals surface area contributed by atoms with E-state index in [1.54, 1.807) is 48.5 Å². The van der Waals surface area contributed by atoms with Gasteiger partial charge in [-0.15, -0.1) is 0 Å². The molecule has 0 aliphatic rings. The number of benzene rings is 3. The van der Waals surface area contributed by atoms with Crippen molar-refractivity contribution in [2.75, 3.05) is 5.32 Å². The fraction of sp³-hybridized carbons (Fsp3) is 0.0435. The number of rotatable bonds is 6. The van der Waals surface area contributed by atoms with Crippen molar-refractivity contribution in [2.45, 2.75) is 6.61 Å². The normalized spacial score (nSPS) is 10.9. The molecular weight excluding hydrogens is 562 g/mol. The molecule has 0 bridgehead atoms. The van der Waals surface area contributed by atoms with Gasteiger partial charge in [0, 0.05) is 5.69 Å². The minimum atomic E-state index is -0.485. The van der Waals surface area contributed by atoms with E-state index in [9.17, 15) is 14.4 Å². The second-order valence-electron chi connectivity index (χ2n) is 6.22. The molecule has 0 unspecified atom stereocenters. The number of hydrogen-bond acceptors (Lipinski definition) is 3. The highest BCUT2D eigenvalue weighted by Crippen LogP contribution is 2.33. The number of nitrogens with zero attached hydrogens (tertiary/aromatic N) is 1. The van der Waals surface area contributed by atoms with Gasteiger partial charge < -0.3 is 10.1 Å². The first kappa shape index (κ1) is 22.0. The Morgan fingerprint density at radius 3 is 2.60 bits per heavy atom. The molecule has 0 saturated carbocycles. The number of hydrogen-bond donors (Lipinski definition) is 1. The summed E-state index contributed by atoms with van der Waals surface area (Å²) >= 11 is 5.59. The lowest BCUT2D eigenvalue weighted by atomic mass is 10.1. The number of nitrogens with one attached hydrogen (secondary N) is 1. The lowest BCUT2D eigenvalue weighted by molar-refractivity contribution is -0.112. The number of halogens is 3. The van der Waals surface area contributed by atoms with E-state index in [1.165, 1.54) is 18.2 Å². The van der Waals surface area contributed by atoms with E-state index >= 15 is 0 Å². The Kier molecular flexibility index (Phi) is 7.60. The van der Waals surface area contributed by atoms with E-state index in [0.717, 1.165) is 3.57 Å². The lowest BCUT2D eigenvalue weighted by Gasteiger charge is -2.12. The monoisotopic (exact) mass is 576 g/mol. The standard InChI is InChI=1S/C23H15BrFIN2O2/c24-20-11-16(9-17(13-27)23(29)28-19-7-2-1-3-8-19)12-21(26)22(20)30-14-15-5-4-6-18(25)10-15/h1-12H,14H2,(H,28,29)/b17-9-. The molecule has 0 fully saturated rings. The molecule has 3 rings (SSSR count). The van der Waals surface area contributed by atoms with Crippen molar-refractivity contribution in [2.24, 2.45) is 0 Å². The molecule has 0 aliphatic carbocycles. The first-order chi connectivity index (χ1) is 14.5. The molecule has 0 aromatic heterocycles. The molecule has 30 heavy (non-hydrogen) atoms. The van der Waals surface area contributed by atoms with Gasteiger partial charge in [0.15, 0.2) is 0 Å². The van der Waals surface area contributed by atoms with Crippen LogP contribution in [0.4, 0.5) is 10.1 Å². The number of para-hydroxylation sites is 1. The summed E-state index contributed by atoms with van der Waals surface area (Å²) in [7, 11) is 0. The number of nitriles is 1. The predicted molar refractivity (Wildman–Crippen MR) is 126 cm³/mol. The molecule has 0 spiro atoms. The van der Waals surface area contributed by atoms with E-state index in [2.05, 4.69) is 43.8 Å². The van der Waals surface area contributed by atoms with Crippen LogP contribution in [0, 0.1) is 20.7 Å². The fourth-order valence-electron chi connectivity index (χ4n) is 2.62. The third kappa shape index (κ3) is 5.90. The van der Waals surface area contributed by atoms with Gasteiger partial charge in [0.05, 0.1) is 8.04 Å². The number of carbonyl (C=O) groups excluding carboxylic acids is 1. The van der Waals surface area contributed by atoms with Crippen LogP contribution in [0.2, 0.25) is 0 Å². The molecule has 7 heteroatoms. The Bertz CT molecular complexity index is 1120. The smallest absolute Gasteiger partial charge is 0.266 e. The molecule has 150 valence electrons. The average Bonchev–Trinajstić information content (AvgIpc) is 2.72. The van der Waals surface area contributed by atoms with Gasteiger partial charge in [0.2, 0.25) is 0 Å². The van der Waals surface area contributed by atoms with Crippen molar-refractivity contribution in [1.29, 1.82) is 5.26 Å². The molecule has 3 aromatic rings. The summed E-state index contributed by atoms with van der Waals surface area (Å²) < 4.78 is 20.6. The summed E-state index contributed by atoms with van der Waals surface area (Å²) in [6.07, 6.45) is 1.52. The van der Waals surface area contributed by atoms with Crippen LogP contribution in [0.15, 0.2) is 76.8 Å². The predicted octanol–water partition coefficient (Wildman–Crippen LogP) is 6.32. The van der Waals surface area contributed by atoms with Crippen LogP contribution in [0.5, 0.6) is 5.75 Å². The molecule has 1 amide bonds. The van der Waals surface area contributed by atoms with Gasteiger partial charge in [-0.1, -0.05) is 30.3 Å². The maximum Gasteiger partial charge on any atom is 0.266 e. The Morgan fingerprint density at radius 1 is 1.17 bits per heavy atom. The molecular formula is C23H15BrFIN2O2. The van der Waals surface area contributed by atoms with Gasteiger partial charge in [0.25, 0.3) is 5.91 Å². The first-order valence-electron chi connectivity index (χ1n) is 8.81. The summed E-state index contributed by atoms with van der Waals surface area (Å²) in [5.74, 6) is -0.200. The fourth-order valence-corrected chi connectivity index (χ4v) is 4.39. The average molecular weight is 577 g/mol. The third-order valence-corrected chi connectivity index (χ3v) is 5.39. The van der Waals surface area contributed by atoms with Crippen LogP contribution in [0.25, 0.3) is 6.08 Å². The van der Waals surface area contributed by atoms with Gasteiger partial charge in [0.1, 0.15) is 29.8 Å². The Labute approximate surface area is 195 Å². The van der Waals surface area contributed by atoms with E-state index < -0.39 is 5.91 Å². The highest BCUT2D eigenvalue weighted by molar-refractivity contribution is 14.1. The van der Waals surface area contributed by atoms with Crippen molar-refractivity contribution >= 4 is 56.2 Å². The second kappa shape index (κ2) is 10.4. The molecule has 1 N–H and O–H groups in total. The van der Waals surface area contributed by atoms with Crippen LogP contribution < -0.4 is 10.1 Å². The van der Waals surface area contributed by atoms with Crippen molar-refractivity contribution in [3.05, 3.63) is 97.3 Å². The highest BCUT2D eigenvalue weighted by Gasteiger charge is 2.13. The summed E-state index contributed by atoms with van der Waals surface area (Å²) in [6.45, 7) is 0.213. The topological polar surface area (TPSA) is 62.1 Å². The zero-order valence-corrected chi connectivity index (χ0v) is 19.3. The number of carbonyl (C=O) groups is 1. The third-order valence-electron chi connectivity index (χ3n) is 4.00. The Balaban J connectivity index is 1.77. The number of ether oxygens (including phenoxy) is 1. The molecule has 4 nitrogen and oxygen atoms in total. The van der Waals surface area contributed by atoms with E-state index in [4.69, 9.17) is 4.74 Å². The van der Waals surface area contributed by atoms with Gasteiger partial charge in [-0.3, -0.25) is 4.79 Å². The number of anilines is 1. The quantitative estimate of drug-likeness (QED) is 0.212. The minimum absolute atomic E-state index is 0.0185. The van der Waals surface area contributed by atoms with Crippen LogP contribution in [0.3, 0.4) is 0 Å². The van der Waals surface area contributed by atoms with Crippen LogP contribution >= 0.6 is 38.5 Å². The zero-order valence-electron chi connectivity index (χ0n) is 15.5. The molecule has 0 atom stereocenters. The van der Waals surface area contributed by atoms with Crippen molar-refractivity contribution in [3.63, 3.8) is 0 Å². The van der Waals surface area contributed by atoms with E-state index in [1.807, 2.05) is 12.1 Å². The summed E-state index contributed by atoms with van der Waals surface area (Å²) in [5.41, 5.74) is 1.98.